The highest BCUT2D eigenvalue weighted by Crippen LogP contribution is 2.30. The van der Waals surface area contributed by atoms with Crippen molar-refractivity contribution in [3.8, 4) is 0 Å². The molecule has 2 nitrogen and oxygen atoms in total. The van der Waals surface area contributed by atoms with Crippen LogP contribution in [-0.4, -0.2) is 34.7 Å². The summed E-state index contributed by atoms with van der Waals surface area (Å²) in [5.41, 5.74) is 1.09. The van der Waals surface area contributed by atoms with E-state index < -0.39 is 0 Å². The summed E-state index contributed by atoms with van der Waals surface area (Å²) in [6, 6.07) is 0. The zero-order chi connectivity index (χ0) is 12.9. The molecule has 0 aromatic carbocycles. The Morgan fingerprint density at radius 3 is 2.35 bits per heavy atom. The lowest BCUT2D eigenvalue weighted by molar-refractivity contribution is -0.0330. The monoisotopic (exact) mass is 239 g/mol. The normalized spacial score (nSPS) is 23.1. The quantitative estimate of drug-likeness (QED) is 0.718. The van der Waals surface area contributed by atoms with E-state index >= 15 is 0 Å². The number of hydrogen-bond donors (Lipinski definition) is 1. The van der Waals surface area contributed by atoms with E-state index in [2.05, 4.69) is 32.3 Å². The van der Waals surface area contributed by atoms with E-state index in [1.165, 1.54) is 19.3 Å². The molecule has 0 aliphatic carbocycles. The fraction of sp³-hybridized carbons (Fsp3) is 0.867. The first kappa shape index (κ1) is 14.7. The van der Waals surface area contributed by atoms with Gasteiger partial charge in [-0.25, -0.2) is 0 Å². The minimum atomic E-state index is -0.280. The van der Waals surface area contributed by atoms with Gasteiger partial charge in [0.1, 0.15) is 0 Å². The van der Waals surface area contributed by atoms with E-state index in [0.29, 0.717) is 0 Å². The molecule has 17 heavy (non-hydrogen) atoms. The van der Waals surface area contributed by atoms with Crippen molar-refractivity contribution in [3.05, 3.63) is 12.2 Å². The fourth-order valence-corrected chi connectivity index (χ4v) is 2.71. The van der Waals surface area contributed by atoms with E-state index in [-0.39, 0.29) is 11.6 Å². The van der Waals surface area contributed by atoms with Gasteiger partial charge < -0.3 is 5.11 Å². The van der Waals surface area contributed by atoms with Gasteiger partial charge in [-0.05, 0) is 52.1 Å². The second-order valence-corrected chi connectivity index (χ2v) is 5.58. The van der Waals surface area contributed by atoms with E-state index in [9.17, 15) is 5.11 Å². The van der Waals surface area contributed by atoms with Gasteiger partial charge in [0.15, 0.2) is 0 Å². The minimum Gasteiger partial charge on any atom is -0.391 e. The first-order chi connectivity index (χ1) is 8.04. The molecule has 0 saturated carbocycles. The van der Waals surface area contributed by atoms with Gasteiger partial charge in [-0.2, -0.15) is 0 Å². The molecule has 1 heterocycles. The maximum Gasteiger partial charge on any atom is 0.0757 e. The molecule has 2 heteroatoms. The van der Waals surface area contributed by atoms with E-state index in [0.717, 1.165) is 37.9 Å². The number of piperidine rings is 1. The Balaban J connectivity index is 2.67. The molecule has 2 atom stereocenters. The lowest BCUT2D eigenvalue weighted by atomic mass is 9.84. The molecular weight excluding hydrogens is 210 g/mol. The molecule has 2 unspecified atom stereocenters. The van der Waals surface area contributed by atoms with Crippen molar-refractivity contribution < 1.29 is 5.11 Å². The van der Waals surface area contributed by atoms with Crippen LogP contribution in [0.5, 0.6) is 0 Å². The third kappa shape index (κ3) is 3.56. The Morgan fingerprint density at radius 1 is 1.29 bits per heavy atom. The standard InChI is InChI=1S/C15H29NO/c1-5-13(3)12-14(17)15(4,6-2)16-10-8-7-9-11-16/h14,17H,3,5-12H2,1-2,4H3. The van der Waals surface area contributed by atoms with Crippen LogP contribution in [-0.2, 0) is 0 Å². The SMILES string of the molecule is C=C(CC)CC(O)C(C)(CC)N1CCCCC1. The zero-order valence-electron chi connectivity index (χ0n) is 11.8. The summed E-state index contributed by atoms with van der Waals surface area (Å²) in [7, 11) is 0. The topological polar surface area (TPSA) is 23.5 Å². The van der Waals surface area contributed by atoms with Crippen LogP contribution in [0.15, 0.2) is 12.2 Å². The van der Waals surface area contributed by atoms with Crippen LogP contribution in [0.4, 0.5) is 0 Å². The molecule has 1 saturated heterocycles. The lowest BCUT2D eigenvalue weighted by Crippen LogP contribution is -2.56. The van der Waals surface area contributed by atoms with Gasteiger partial charge in [-0.1, -0.05) is 32.4 Å². The van der Waals surface area contributed by atoms with Crippen LogP contribution in [0, 0.1) is 0 Å². The van der Waals surface area contributed by atoms with Gasteiger partial charge in [-0.15, -0.1) is 0 Å². The molecule has 0 radical (unpaired) electrons. The Hall–Kier alpha value is -0.340. The predicted molar refractivity (Wildman–Crippen MR) is 74.2 cm³/mol. The average Bonchev–Trinajstić information content (AvgIpc) is 2.38. The molecule has 1 rings (SSSR count). The molecule has 0 amide bonds. The summed E-state index contributed by atoms with van der Waals surface area (Å²) in [4.78, 5) is 2.49. The summed E-state index contributed by atoms with van der Waals surface area (Å²) < 4.78 is 0. The summed E-state index contributed by atoms with van der Waals surface area (Å²) >= 11 is 0. The molecule has 1 N–H and O–H groups in total. The van der Waals surface area contributed by atoms with Crippen molar-refractivity contribution in [1.29, 1.82) is 0 Å². The maximum atomic E-state index is 10.5. The summed E-state index contributed by atoms with van der Waals surface area (Å²) in [6.07, 6.45) is 6.33. The number of hydrogen-bond acceptors (Lipinski definition) is 2. The van der Waals surface area contributed by atoms with Gasteiger partial charge >= 0.3 is 0 Å². The highest BCUT2D eigenvalue weighted by atomic mass is 16.3. The van der Waals surface area contributed by atoms with Crippen LogP contribution in [0.25, 0.3) is 0 Å². The van der Waals surface area contributed by atoms with Crippen molar-refractivity contribution in [1.82, 2.24) is 4.90 Å². The predicted octanol–water partition coefficient (Wildman–Crippen LogP) is 3.36. The highest BCUT2D eigenvalue weighted by Gasteiger charge is 2.37. The van der Waals surface area contributed by atoms with Crippen molar-refractivity contribution in [2.24, 2.45) is 0 Å². The van der Waals surface area contributed by atoms with Crippen LogP contribution in [0.3, 0.4) is 0 Å². The molecule has 1 aliphatic heterocycles. The van der Waals surface area contributed by atoms with E-state index in [1.807, 2.05) is 0 Å². The van der Waals surface area contributed by atoms with Gasteiger partial charge in [0.2, 0.25) is 0 Å². The first-order valence-electron chi connectivity index (χ1n) is 7.14. The van der Waals surface area contributed by atoms with Gasteiger partial charge in [0.05, 0.1) is 6.10 Å². The van der Waals surface area contributed by atoms with Gasteiger partial charge in [0.25, 0.3) is 0 Å². The molecule has 1 aliphatic rings. The number of nitrogens with zero attached hydrogens (tertiary/aromatic N) is 1. The van der Waals surface area contributed by atoms with Gasteiger partial charge in [-0.3, -0.25) is 4.90 Å². The average molecular weight is 239 g/mol. The molecule has 0 aromatic rings. The fourth-order valence-electron chi connectivity index (χ4n) is 2.71. The van der Waals surface area contributed by atoms with Crippen LogP contribution >= 0.6 is 0 Å². The van der Waals surface area contributed by atoms with Crippen LogP contribution in [0.2, 0.25) is 0 Å². The lowest BCUT2D eigenvalue weighted by Gasteiger charge is -2.46. The number of aliphatic hydroxyl groups is 1. The second kappa shape index (κ2) is 6.55. The Kier molecular flexibility index (Phi) is 5.68. The van der Waals surface area contributed by atoms with Crippen molar-refractivity contribution in [2.75, 3.05) is 13.1 Å². The zero-order valence-corrected chi connectivity index (χ0v) is 11.8. The summed E-state index contributed by atoms with van der Waals surface area (Å²) in [5, 5.41) is 10.5. The first-order valence-corrected chi connectivity index (χ1v) is 7.14. The van der Waals surface area contributed by atoms with Crippen molar-refractivity contribution in [2.45, 2.75) is 70.9 Å². The third-order valence-corrected chi connectivity index (χ3v) is 4.49. The Labute approximate surface area is 107 Å². The van der Waals surface area contributed by atoms with Crippen LogP contribution in [0.1, 0.15) is 59.3 Å². The summed E-state index contributed by atoms with van der Waals surface area (Å²) in [5.74, 6) is 0. The Morgan fingerprint density at radius 2 is 1.88 bits per heavy atom. The highest BCUT2D eigenvalue weighted by molar-refractivity contribution is 5.02. The summed E-state index contributed by atoms with van der Waals surface area (Å²) in [6.45, 7) is 12.8. The minimum absolute atomic E-state index is 0.0709. The molecule has 0 spiro atoms. The third-order valence-electron chi connectivity index (χ3n) is 4.49. The Bertz CT molecular complexity index is 245. The molecule has 1 fully saturated rings. The van der Waals surface area contributed by atoms with E-state index in [4.69, 9.17) is 0 Å². The largest absolute Gasteiger partial charge is 0.391 e. The maximum absolute atomic E-state index is 10.5. The van der Waals surface area contributed by atoms with Crippen molar-refractivity contribution >= 4 is 0 Å². The van der Waals surface area contributed by atoms with Gasteiger partial charge in [0, 0.05) is 5.54 Å². The molecule has 100 valence electrons. The molecular formula is C15H29NO. The smallest absolute Gasteiger partial charge is 0.0757 e. The number of rotatable bonds is 6. The van der Waals surface area contributed by atoms with Crippen molar-refractivity contribution in [3.63, 3.8) is 0 Å². The second-order valence-electron chi connectivity index (χ2n) is 5.58. The molecule has 0 bridgehead atoms. The van der Waals surface area contributed by atoms with E-state index in [1.54, 1.807) is 0 Å². The number of likely N-dealkylation sites (tertiary alicyclic amines) is 1. The number of aliphatic hydroxyl groups excluding tert-OH is 1. The van der Waals surface area contributed by atoms with Crippen LogP contribution < -0.4 is 0 Å². The molecule has 0 aromatic heterocycles.